The molecule has 0 radical (unpaired) electrons. The molecule has 0 aromatic heterocycles. The second-order valence-electron chi connectivity index (χ2n) is 11.7. The first-order valence-electron chi connectivity index (χ1n) is 17.4. The van der Waals surface area contributed by atoms with Gasteiger partial charge in [-0.15, -0.1) is 0 Å². The summed E-state index contributed by atoms with van der Waals surface area (Å²) in [5.74, 6) is 0. The number of hydrogen-bond acceptors (Lipinski definition) is 0. The molecule has 0 amide bonds. The SMILES string of the molecule is [2H]c1c([2H])c([2H])c(-c2cc(-c3ccc4ccc5cccc6ccc3c4c56)cc(-c3ccc4ccc5cccc6ccc3c4c56)c2)c([2H])c1[2H]. The van der Waals surface area contributed by atoms with Crippen molar-refractivity contribution in [2.45, 2.75) is 0 Å². The third-order valence-electron chi connectivity index (χ3n) is 9.40. The van der Waals surface area contributed by atoms with Crippen molar-refractivity contribution in [3.63, 3.8) is 0 Å². The predicted molar refractivity (Wildman–Crippen MR) is 190 cm³/mol. The van der Waals surface area contributed by atoms with E-state index < -0.39 is 6.04 Å². The molecular weight excluding hydrogens is 528 g/mol. The lowest BCUT2D eigenvalue weighted by Gasteiger charge is -2.18. The summed E-state index contributed by atoms with van der Waals surface area (Å²) in [6, 6.07) is 43.5. The lowest BCUT2D eigenvalue weighted by Crippen LogP contribution is -1.91. The van der Waals surface area contributed by atoms with Gasteiger partial charge in [0.05, 0.1) is 6.85 Å². The van der Waals surface area contributed by atoms with Gasteiger partial charge < -0.3 is 0 Å². The molecule has 10 aromatic rings. The van der Waals surface area contributed by atoms with Crippen LogP contribution in [0, 0.1) is 0 Å². The Labute approximate surface area is 262 Å². The van der Waals surface area contributed by atoms with Gasteiger partial charge in [0, 0.05) is 0 Å². The van der Waals surface area contributed by atoms with Crippen LogP contribution in [0.15, 0.2) is 158 Å². The minimum absolute atomic E-state index is 0.199. The van der Waals surface area contributed by atoms with Gasteiger partial charge in [0.2, 0.25) is 0 Å². The third-order valence-corrected chi connectivity index (χ3v) is 9.40. The van der Waals surface area contributed by atoms with E-state index in [0.717, 1.165) is 43.8 Å². The first-order chi connectivity index (χ1) is 23.9. The van der Waals surface area contributed by atoms with E-state index in [-0.39, 0.29) is 29.7 Å². The maximum atomic E-state index is 8.90. The quantitative estimate of drug-likeness (QED) is 0.189. The van der Waals surface area contributed by atoms with Crippen molar-refractivity contribution >= 4 is 64.6 Å². The van der Waals surface area contributed by atoms with E-state index in [0.29, 0.717) is 5.56 Å². The van der Waals surface area contributed by atoms with Crippen LogP contribution >= 0.6 is 0 Å². The third kappa shape index (κ3) is 3.34. The number of rotatable bonds is 3. The summed E-state index contributed by atoms with van der Waals surface area (Å²) in [5.41, 5.74) is 4.68. The summed E-state index contributed by atoms with van der Waals surface area (Å²) in [4.78, 5) is 0. The second kappa shape index (κ2) is 8.89. The molecule has 0 heterocycles. The van der Waals surface area contributed by atoms with Gasteiger partial charge in [0.1, 0.15) is 0 Å². The lowest BCUT2D eigenvalue weighted by molar-refractivity contribution is 1.59. The lowest BCUT2D eigenvalue weighted by atomic mass is 9.86. The molecule has 0 saturated carbocycles. The zero-order valence-corrected chi connectivity index (χ0v) is 23.6. The van der Waals surface area contributed by atoms with Gasteiger partial charge in [-0.1, -0.05) is 139 Å². The van der Waals surface area contributed by atoms with Gasteiger partial charge in [-0.2, -0.15) is 0 Å². The van der Waals surface area contributed by atoms with E-state index in [2.05, 4.69) is 115 Å². The van der Waals surface area contributed by atoms with E-state index in [9.17, 15) is 0 Å². The Hall–Kier alpha value is -5.72. The van der Waals surface area contributed by atoms with Crippen LogP contribution in [0.4, 0.5) is 0 Å². The van der Waals surface area contributed by atoms with Gasteiger partial charge >= 0.3 is 0 Å². The molecule has 0 aliphatic rings. The molecule has 0 N–H and O–H groups in total. The molecule has 0 spiro atoms. The molecule has 0 fully saturated rings. The largest absolute Gasteiger partial charge is 0.0629 e. The average Bonchev–Trinajstić information content (AvgIpc) is 3.14. The Balaban J connectivity index is 1.32. The Kier molecular flexibility index (Phi) is 3.93. The average molecular weight is 560 g/mol. The van der Waals surface area contributed by atoms with Crippen LogP contribution in [0.2, 0.25) is 0 Å². The highest BCUT2D eigenvalue weighted by Gasteiger charge is 2.16. The number of benzene rings is 10. The van der Waals surface area contributed by atoms with Crippen LogP contribution in [-0.2, 0) is 0 Å². The van der Waals surface area contributed by atoms with Crippen molar-refractivity contribution in [3.8, 4) is 33.4 Å². The Bertz CT molecular complexity index is 2770. The molecule has 0 saturated heterocycles. The Morgan fingerprint density at radius 1 is 0.318 bits per heavy atom. The van der Waals surface area contributed by atoms with E-state index >= 15 is 0 Å². The summed E-state index contributed by atoms with van der Waals surface area (Å²) in [6.07, 6.45) is 0. The van der Waals surface area contributed by atoms with Crippen LogP contribution in [0.5, 0.6) is 0 Å². The van der Waals surface area contributed by atoms with Gasteiger partial charge in [-0.05, 0) is 116 Å². The summed E-state index contributed by atoms with van der Waals surface area (Å²) in [7, 11) is 0. The van der Waals surface area contributed by atoms with E-state index in [1.807, 2.05) is 12.1 Å². The highest BCUT2D eigenvalue weighted by atomic mass is 14.2. The van der Waals surface area contributed by atoms with Gasteiger partial charge in [0.25, 0.3) is 0 Å². The van der Waals surface area contributed by atoms with Gasteiger partial charge in [0.15, 0.2) is 0 Å². The normalized spacial score (nSPS) is 13.7. The molecule has 202 valence electrons. The molecular formula is C44H26. The van der Waals surface area contributed by atoms with Crippen molar-refractivity contribution in [3.05, 3.63) is 158 Å². The van der Waals surface area contributed by atoms with Crippen molar-refractivity contribution in [2.75, 3.05) is 0 Å². The first-order valence-corrected chi connectivity index (χ1v) is 14.9. The molecule has 44 heavy (non-hydrogen) atoms. The maximum absolute atomic E-state index is 8.90. The maximum Gasteiger partial charge on any atom is 0.0629 e. The fourth-order valence-electron chi connectivity index (χ4n) is 7.45. The van der Waals surface area contributed by atoms with Crippen LogP contribution in [0.3, 0.4) is 0 Å². The van der Waals surface area contributed by atoms with E-state index in [1.54, 1.807) is 0 Å². The van der Waals surface area contributed by atoms with Crippen molar-refractivity contribution in [2.24, 2.45) is 0 Å². The minimum atomic E-state index is -0.395. The van der Waals surface area contributed by atoms with Crippen molar-refractivity contribution < 1.29 is 6.85 Å². The van der Waals surface area contributed by atoms with Crippen molar-refractivity contribution in [1.29, 1.82) is 0 Å². The molecule has 10 rings (SSSR count). The molecule has 0 bridgehead atoms. The zero-order chi connectivity index (χ0) is 33.1. The Morgan fingerprint density at radius 3 is 1.18 bits per heavy atom. The predicted octanol–water partition coefficient (Wildman–Crippen LogP) is 12.5. The minimum Gasteiger partial charge on any atom is -0.0622 e. The topological polar surface area (TPSA) is 0 Å². The summed E-state index contributed by atoms with van der Waals surface area (Å²) in [6.45, 7) is 0. The monoisotopic (exact) mass is 559 g/mol. The number of hydrogen-bond donors (Lipinski definition) is 0. The van der Waals surface area contributed by atoms with Crippen molar-refractivity contribution in [1.82, 2.24) is 0 Å². The molecule has 0 atom stereocenters. The van der Waals surface area contributed by atoms with E-state index in [1.165, 1.54) is 43.1 Å². The van der Waals surface area contributed by atoms with Crippen LogP contribution < -0.4 is 0 Å². The van der Waals surface area contributed by atoms with Crippen LogP contribution in [-0.4, -0.2) is 0 Å². The zero-order valence-electron chi connectivity index (χ0n) is 28.6. The molecule has 0 aliphatic carbocycles. The highest BCUT2D eigenvalue weighted by Crippen LogP contribution is 2.44. The molecule has 10 aromatic carbocycles. The summed E-state index contributed by atoms with van der Waals surface area (Å²) >= 11 is 0. The summed E-state index contributed by atoms with van der Waals surface area (Å²) < 4.78 is 43.0. The fraction of sp³-hybridized carbons (Fsp3) is 0. The fourth-order valence-corrected chi connectivity index (χ4v) is 7.45. The highest BCUT2D eigenvalue weighted by molar-refractivity contribution is 6.27. The molecule has 0 nitrogen and oxygen atoms in total. The summed E-state index contributed by atoms with van der Waals surface area (Å²) in [5, 5.41) is 14.2. The van der Waals surface area contributed by atoms with Crippen LogP contribution in [0.25, 0.3) is 98.0 Å². The van der Waals surface area contributed by atoms with Crippen LogP contribution in [0.1, 0.15) is 6.85 Å². The smallest absolute Gasteiger partial charge is 0.0622 e. The second-order valence-corrected chi connectivity index (χ2v) is 11.7. The standard InChI is InChI=1S/C44H26/c1-2-6-27(7-3-1)34-24-35(37-20-16-32-14-12-28-8-4-10-30-18-22-39(37)43(32)41(28)30)26-36(25-34)38-21-17-33-15-13-29-9-5-11-31-19-23-40(38)44(33)42(29)31/h1-26H/i1D,2D,3D,6D,7D. The van der Waals surface area contributed by atoms with Gasteiger partial charge in [-0.25, -0.2) is 0 Å². The molecule has 0 heteroatoms. The Morgan fingerprint density at radius 2 is 0.705 bits per heavy atom. The van der Waals surface area contributed by atoms with E-state index in [4.69, 9.17) is 6.85 Å². The van der Waals surface area contributed by atoms with Gasteiger partial charge in [-0.3, -0.25) is 0 Å². The first kappa shape index (κ1) is 19.5. The molecule has 0 aliphatic heterocycles. The molecule has 0 unspecified atom stereocenters.